The molecule has 152 valence electrons. The van der Waals surface area contributed by atoms with E-state index in [-0.39, 0.29) is 34.8 Å². The molecule has 0 saturated carbocycles. The van der Waals surface area contributed by atoms with E-state index in [1.165, 1.54) is 17.8 Å². The van der Waals surface area contributed by atoms with Crippen LogP contribution in [0.1, 0.15) is 5.56 Å². The quantitative estimate of drug-likeness (QED) is 0.614. The molecule has 10 heteroatoms. The van der Waals surface area contributed by atoms with Crippen LogP contribution < -0.4 is 4.90 Å². The number of hydrogen-bond donors (Lipinski definition) is 0. The summed E-state index contributed by atoms with van der Waals surface area (Å²) in [5.74, 6) is -1.01. The van der Waals surface area contributed by atoms with Crippen LogP contribution >= 0.6 is 39.3 Å². The van der Waals surface area contributed by atoms with E-state index in [4.69, 9.17) is 11.6 Å². The zero-order valence-electron chi connectivity index (χ0n) is 14.9. The van der Waals surface area contributed by atoms with Crippen LogP contribution in [0.4, 0.5) is 10.1 Å². The zero-order chi connectivity index (χ0) is 20.8. The molecule has 29 heavy (non-hydrogen) atoms. The van der Waals surface area contributed by atoms with Crippen molar-refractivity contribution in [3.63, 3.8) is 0 Å². The van der Waals surface area contributed by atoms with Crippen molar-refractivity contribution in [2.24, 2.45) is 4.99 Å². The normalized spacial score (nSPS) is 24.1. The maximum absolute atomic E-state index is 14.7. The van der Waals surface area contributed by atoms with Crippen LogP contribution in [0, 0.1) is 5.82 Å². The Kier molecular flexibility index (Phi) is 5.76. The summed E-state index contributed by atoms with van der Waals surface area (Å²) < 4.78 is 39.4. The van der Waals surface area contributed by atoms with Gasteiger partial charge >= 0.3 is 0 Å². The molecule has 0 aromatic heterocycles. The number of benzene rings is 2. The van der Waals surface area contributed by atoms with Gasteiger partial charge in [-0.25, -0.2) is 12.8 Å². The van der Waals surface area contributed by atoms with Crippen molar-refractivity contribution in [1.82, 2.24) is 0 Å². The molecule has 0 radical (unpaired) electrons. The summed E-state index contributed by atoms with van der Waals surface area (Å²) in [5, 5.41) is 0.616. The molecule has 5 nitrogen and oxygen atoms in total. The van der Waals surface area contributed by atoms with Gasteiger partial charge in [0.2, 0.25) is 0 Å². The highest BCUT2D eigenvalue weighted by Gasteiger charge is 2.50. The Morgan fingerprint density at radius 2 is 1.97 bits per heavy atom. The Labute approximate surface area is 185 Å². The van der Waals surface area contributed by atoms with E-state index < -0.39 is 21.7 Å². The number of aliphatic imine (C=N–C) groups is 1. The Bertz CT molecular complexity index is 1110. The first kappa shape index (κ1) is 20.8. The molecule has 2 atom stereocenters. The fraction of sp³-hybridized carbons (Fsp3) is 0.263. The van der Waals surface area contributed by atoms with Gasteiger partial charge in [0.25, 0.3) is 5.91 Å². The largest absolute Gasteiger partial charge is 0.313 e. The minimum Gasteiger partial charge on any atom is -0.313 e. The minimum absolute atomic E-state index is 0.0125. The van der Waals surface area contributed by atoms with Crippen LogP contribution in [0.2, 0.25) is 5.02 Å². The summed E-state index contributed by atoms with van der Waals surface area (Å²) in [6, 6.07) is 11.0. The van der Waals surface area contributed by atoms with E-state index in [9.17, 15) is 17.6 Å². The molecule has 0 spiro atoms. The average Bonchev–Trinajstić information content (AvgIpc) is 3.08. The summed E-state index contributed by atoms with van der Waals surface area (Å²) in [4.78, 5) is 18.3. The fourth-order valence-corrected chi connectivity index (χ4v) is 7.83. The maximum Gasteiger partial charge on any atom is 0.252 e. The second-order valence-corrected chi connectivity index (χ2v) is 11.6. The van der Waals surface area contributed by atoms with Crippen LogP contribution in [-0.4, -0.2) is 42.3 Å². The number of halogens is 3. The molecule has 0 bridgehead atoms. The van der Waals surface area contributed by atoms with Crippen LogP contribution in [0.3, 0.4) is 0 Å². The Hall–Kier alpha value is -1.42. The average molecular weight is 518 g/mol. The van der Waals surface area contributed by atoms with Gasteiger partial charge in [-0.1, -0.05) is 51.4 Å². The fourth-order valence-electron chi connectivity index (χ4n) is 3.45. The lowest BCUT2D eigenvalue weighted by Crippen LogP contribution is -2.38. The summed E-state index contributed by atoms with van der Waals surface area (Å²) in [6.45, 7) is 0. The van der Waals surface area contributed by atoms with E-state index >= 15 is 0 Å². The first-order chi connectivity index (χ1) is 13.7. The molecule has 2 aliphatic rings. The number of hydrogen-bond acceptors (Lipinski definition) is 4. The molecule has 2 fully saturated rings. The minimum atomic E-state index is -3.22. The summed E-state index contributed by atoms with van der Waals surface area (Å²) in [7, 11) is -3.22. The second kappa shape index (κ2) is 8.02. The number of amidine groups is 1. The van der Waals surface area contributed by atoms with Gasteiger partial charge in [-0.05, 0) is 35.9 Å². The second-order valence-electron chi connectivity index (χ2n) is 6.86. The molecule has 2 heterocycles. The van der Waals surface area contributed by atoms with Crippen molar-refractivity contribution in [3.05, 3.63) is 63.3 Å². The van der Waals surface area contributed by atoms with Gasteiger partial charge in [-0.3, -0.25) is 4.79 Å². The molecule has 2 aromatic rings. The Balaban J connectivity index is 1.66. The van der Waals surface area contributed by atoms with Crippen molar-refractivity contribution in [2.75, 3.05) is 16.4 Å². The standard InChI is InChI=1S/C19H15BrClFN2O3S2/c20-12-3-6-15(14(22)8-12)24-16-9-29(26,27)10-17(16)28-19(24)23-18(25)7-11-1-4-13(21)5-2-11/h1-6,8,16-17H,7,9-10H2/t16-,17+/m1/s1. The number of carbonyl (C=O) groups excluding carboxylic acids is 1. The summed E-state index contributed by atoms with van der Waals surface area (Å²) in [5.41, 5.74) is 0.972. The lowest BCUT2D eigenvalue weighted by Gasteiger charge is -2.25. The number of sulfone groups is 1. The van der Waals surface area contributed by atoms with Crippen molar-refractivity contribution < 1.29 is 17.6 Å². The highest BCUT2D eigenvalue weighted by atomic mass is 79.9. The van der Waals surface area contributed by atoms with Crippen LogP contribution in [0.5, 0.6) is 0 Å². The zero-order valence-corrected chi connectivity index (χ0v) is 18.9. The molecule has 0 unspecified atom stereocenters. The van der Waals surface area contributed by atoms with Gasteiger partial charge in [-0.2, -0.15) is 4.99 Å². The lowest BCUT2D eigenvalue weighted by atomic mass is 10.1. The van der Waals surface area contributed by atoms with E-state index in [1.54, 1.807) is 41.3 Å². The van der Waals surface area contributed by atoms with Crippen molar-refractivity contribution >= 4 is 65.9 Å². The number of anilines is 1. The van der Waals surface area contributed by atoms with Gasteiger partial charge < -0.3 is 4.90 Å². The van der Waals surface area contributed by atoms with Gasteiger partial charge in [0, 0.05) is 14.7 Å². The van der Waals surface area contributed by atoms with Crippen LogP contribution in [0.15, 0.2) is 51.9 Å². The number of fused-ring (bicyclic) bond motifs is 1. The molecule has 0 aliphatic carbocycles. The predicted molar refractivity (Wildman–Crippen MR) is 118 cm³/mol. The topological polar surface area (TPSA) is 66.8 Å². The molecule has 0 N–H and O–H groups in total. The smallest absolute Gasteiger partial charge is 0.252 e. The molecule has 2 saturated heterocycles. The Morgan fingerprint density at radius 1 is 1.24 bits per heavy atom. The van der Waals surface area contributed by atoms with E-state index in [0.29, 0.717) is 14.7 Å². The number of thioether (sulfide) groups is 1. The molecular formula is C19H15BrClFN2O3S2. The van der Waals surface area contributed by atoms with E-state index in [0.717, 1.165) is 5.56 Å². The molecular weight excluding hydrogens is 503 g/mol. The molecule has 1 amide bonds. The predicted octanol–water partition coefficient (Wildman–Crippen LogP) is 4.09. The SMILES string of the molecule is O=C(Cc1ccc(Cl)cc1)N=C1S[C@H]2CS(=O)(=O)C[C@H]2N1c1ccc(Br)cc1F. The van der Waals surface area contributed by atoms with Crippen molar-refractivity contribution in [2.45, 2.75) is 17.7 Å². The summed E-state index contributed by atoms with van der Waals surface area (Å²) in [6.07, 6.45) is 0.0749. The first-order valence-electron chi connectivity index (χ1n) is 8.69. The van der Waals surface area contributed by atoms with Crippen LogP contribution in [-0.2, 0) is 21.1 Å². The van der Waals surface area contributed by atoms with Gasteiger partial charge in [0.1, 0.15) is 5.82 Å². The third-order valence-corrected chi connectivity index (χ3v) is 8.68. The molecule has 2 aliphatic heterocycles. The molecule has 2 aromatic carbocycles. The third-order valence-electron chi connectivity index (χ3n) is 4.72. The van der Waals surface area contributed by atoms with Gasteiger partial charge in [0.05, 0.1) is 29.7 Å². The highest BCUT2D eigenvalue weighted by molar-refractivity contribution is 9.10. The number of carbonyl (C=O) groups is 1. The van der Waals surface area contributed by atoms with E-state index in [1.807, 2.05) is 0 Å². The summed E-state index contributed by atoms with van der Waals surface area (Å²) >= 11 is 10.3. The van der Waals surface area contributed by atoms with Crippen molar-refractivity contribution in [1.29, 1.82) is 0 Å². The van der Waals surface area contributed by atoms with Gasteiger partial charge in [-0.15, -0.1) is 0 Å². The van der Waals surface area contributed by atoms with Crippen molar-refractivity contribution in [3.8, 4) is 0 Å². The third kappa shape index (κ3) is 4.52. The Morgan fingerprint density at radius 3 is 2.66 bits per heavy atom. The number of nitrogens with zero attached hydrogens (tertiary/aromatic N) is 2. The first-order valence-corrected chi connectivity index (χ1v) is 12.6. The lowest BCUT2D eigenvalue weighted by molar-refractivity contribution is -0.117. The highest BCUT2D eigenvalue weighted by Crippen LogP contribution is 2.42. The maximum atomic E-state index is 14.7. The number of rotatable bonds is 3. The monoisotopic (exact) mass is 516 g/mol. The van der Waals surface area contributed by atoms with E-state index in [2.05, 4.69) is 20.9 Å². The van der Waals surface area contributed by atoms with Crippen LogP contribution in [0.25, 0.3) is 0 Å². The number of amides is 1. The molecule has 4 rings (SSSR count). The van der Waals surface area contributed by atoms with Gasteiger partial charge in [0.15, 0.2) is 15.0 Å².